The van der Waals surface area contributed by atoms with Crippen molar-refractivity contribution in [1.29, 1.82) is 0 Å². The van der Waals surface area contributed by atoms with E-state index in [1.165, 1.54) is 6.92 Å². The molecule has 2 bridgehead atoms. The fourth-order valence-corrected chi connectivity index (χ4v) is 6.65. The SMILES string of the molecule is CCCCCC(=O)O[C@]1(C)CC(C)C23C=C(C)C(O)C2(O)[C@H](O)C(COC(C)=O)=CC(C3=O)C1(C)C. The average Bonchev–Trinajstić information content (AvgIpc) is 2.93. The minimum atomic E-state index is -2.28. The van der Waals surface area contributed by atoms with Crippen LogP contribution < -0.4 is 0 Å². The van der Waals surface area contributed by atoms with Crippen LogP contribution in [0.1, 0.15) is 80.6 Å². The number of ether oxygens (including phenoxy) is 2. The summed E-state index contributed by atoms with van der Waals surface area (Å²) in [6.07, 6.45) is 3.06. The number of hydrogen-bond donors (Lipinski definition) is 3. The highest BCUT2D eigenvalue weighted by atomic mass is 16.6. The van der Waals surface area contributed by atoms with Gasteiger partial charge < -0.3 is 24.8 Å². The van der Waals surface area contributed by atoms with Crippen molar-refractivity contribution >= 4 is 17.7 Å². The number of aliphatic hydroxyl groups excluding tert-OH is 2. The van der Waals surface area contributed by atoms with Crippen molar-refractivity contribution in [2.75, 3.05) is 6.61 Å². The lowest BCUT2D eigenvalue weighted by Crippen LogP contribution is -2.65. The minimum Gasteiger partial charge on any atom is -0.461 e. The number of aliphatic hydroxyl groups is 3. The molecule has 8 nitrogen and oxygen atoms in total. The van der Waals surface area contributed by atoms with E-state index < -0.39 is 52.0 Å². The fraction of sp³-hybridized carbons (Fsp3) is 0.750. The Balaban J connectivity index is 2.21. The molecule has 202 valence electrons. The van der Waals surface area contributed by atoms with Crippen molar-refractivity contribution in [3.8, 4) is 0 Å². The third-order valence-electron chi connectivity index (χ3n) is 9.18. The van der Waals surface area contributed by atoms with E-state index in [0.717, 1.165) is 12.8 Å². The van der Waals surface area contributed by atoms with E-state index in [0.29, 0.717) is 12.0 Å². The minimum absolute atomic E-state index is 0.133. The number of Topliss-reactive ketones (excluding diaryl/α,β-unsaturated/α-hetero) is 1. The summed E-state index contributed by atoms with van der Waals surface area (Å²) < 4.78 is 11.3. The van der Waals surface area contributed by atoms with Crippen LogP contribution in [0, 0.1) is 22.7 Å². The number of allylic oxidation sites excluding steroid dienone is 1. The number of carbonyl (C=O) groups excluding carboxylic acids is 3. The van der Waals surface area contributed by atoms with E-state index in [2.05, 4.69) is 6.92 Å². The van der Waals surface area contributed by atoms with Crippen molar-refractivity contribution in [2.45, 2.75) is 104 Å². The van der Waals surface area contributed by atoms with Gasteiger partial charge in [-0.25, -0.2) is 0 Å². The highest BCUT2D eigenvalue weighted by Gasteiger charge is 2.73. The summed E-state index contributed by atoms with van der Waals surface area (Å²) in [4.78, 5) is 39.0. The van der Waals surface area contributed by atoms with Crippen molar-refractivity contribution in [1.82, 2.24) is 0 Å². The lowest BCUT2D eigenvalue weighted by atomic mass is 9.59. The Morgan fingerprint density at radius 2 is 1.78 bits per heavy atom. The highest BCUT2D eigenvalue weighted by Crippen LogP contribution is 2.63. The predicted octanol–water partition coefficient (Wildman–Crippen LogP) is 3.02. The first-order valence-corrected chi connectivity index (χ1v) is 13.0. The molecule has 0 aliphatic heterocycles. The van der Waals surface area contributed by atoms with Crippen LogP contribution in [0.2, 0.25) is 0 Å². The number of unbranched alkanes of at least 4 members (excludes halogenated alkanes) is 2. The molecule has 0 aromatic heterocycles. The van der Waals surface area contributed by atoms with Gasteiger partial charge in [0, 0.05) is 24.7 Å². The van der Waals surface area contributed by atoms with Crippen LogP contribution in [0.25, 0.3) is 0 Å². The second kappa shape index (κ2) is 9.69. The molecule has 3 N–H and O–H groups in total. The average molecular weight is 507 g/mol. The zero-order valence-corrected chi connectivity index (χ0v) is 22.6. The third kappa shape index (κ3) is 4.05. The molecule has 0 aromatic rings. The molecule has 0 saturated heterocycles. The van der Waals surface area contributed by atoms with Gasteiger partial charge in [0.2, 0.25) is 0 Å². The van der Waals surface area contributed by atoms with Gasteiger partial charge in [-0.3, -0.25) is 14.4 Å². The van der Waals surface area contributed by atoms with Gasteiger partial charge in [-0.2, -0.15) is 0 Å². The molecule has 0 aromatic carbocycles. The normalized spacial score (nSPS) is 39.3. The Kier molecular flexibility index (Phi) is 7.68. The molecular weight excluding hydrogens is 464 g/mol. The maximum Gasteiger partial charge on any atom is 0.306 e. The van der Waals surface area contributed by atoms with Gasteiger partial charge in [0.1, 0.15) is 30.0 Å². The third-order valence-corrected chi connectivity index (χ3v) is 9.18. The van der Waals surface area contributed by atoms with Gasteiger partial charge in [-0.15, -0.1) is 0 Å². The molecule has 1 spiro atoms. The number of carbonyl (C=O) groups is 3. The van der Waals surface area contributed by atoms with Crippen LogP contribution in [0.5, 0.6) is 0 Å². The molecule has 1 fully saturated rings. The van der Waals surface area contributed by atoms with Crippen LogP contribution in [0.3, 0.4) is 0 Å². The summed E-state index contributed by atoms with van der Waals surface area (Å²) in [7, 11) is 0. The Morgan fingerprint density at radius 1 is 1.14 bits per heavy atom. The highest BCUT2D eigenvalue weighted by molar-refractivity contribution is 5.95. The van der Waals surface area contributed by atoms with Crippen LogP contribution in [-0.4, -0.2) is 63.1 Å². The van der Waals surface area contributed by atoms with Crippen molar-refractivity contribution in [3.05, 3.63) is 23.3 Å². The smallest absolute Gasteiger partial charge is 0.306 e. The topological polar surface area (TPSA) is 130 Å². The molecule has 7 atom stereocenters. The van der Waals surface area contributed by atoms with Crippen molar-refractivity contribution < 1.29 is 39.2 Å². The van der Waals surface area contributed by atoms with Gasteiger partial charge in [0.25, 0.3) is 0 Å². The maximum atomic E-state index is 14.5. The summed E-state index contributed by atoms with van der Waals surface area (Å²) in [5.41, 5.74) is -5.46. The van der Waals surface area contributed by atoms with E-state index in [-0.39, 0.29) is 36.8 Å². The van der Waals surface area contributed by atoms with Crippen LogP contribution in [0.4, 0.5) is 0 Å². The van der Waals surface area contributed by atoms with E-state index in [4.69, 9.17) is 9.47 Å². The summed E-state index contributed by atoms with van der Waals surface area (Å²) in [6, 6.07) is 0. The van der Waals surface area contributed by atoms with Crippen LogP contribution >= 0.6 is 0 Å². The Hall–Kier alpha value is -2.03. The lowest BCUT2D eigenvalue weighted by Gasteiger charge is -2.48. The van der Waals surface area contributed by atoms with Crippen molar-refractivity contribution in [2.24, 2.45) is 22.7 Å². The lowest BCUT2D eigenvalue weighted by molar-refractivity contribution is -0.192. The number of ketones is 1. The van der Waals surface area contributed by atoms with Gasteiger partial charge in [-0.1, -0.05) is 52.7 Å². The first kappa shape index (κ1) is 28.5. The number of fused-ring (bicyclic) bond motifs is 1. The van der Waals surface area contributed by atoms with Gasteiger partial charge in [0.15, 0.2) is 5.78 Å². The summed E-state index contributed by atoms with van der Waals surface area (Å²) in [5, 5.41) is 34.7. The molecule has 0 heterocycles. The second-order valence-corrected chi connectivity index (χ2v) is 11.7. The number of rotatable bonds is 7. The molecule has 3 aliphatic rings. The number of hydrogen-bond acceptors (Lipinski definition) is 8. The van der Waals surface area contributed by atoms with Gasteiger partial charge in [-0.05, 0) is 43.8 Å². The van der Waals surface area contributed by atoms with E-state index in [1.54, 1.807) is 26.0 Å². The first-order valence-electron chi connectivity index (χ1n) is 13.0. The van der Waals surface area contributed by atoms with Gasteiger partial charge in [0.05, 0.1) is 5.41 Å². The fourth-order valence-electron chi connectivity index (χ4n) is 6.65. The largest absolute Gasteiger partial charge is 0.461 e. The molecule has 0 radical (unpaired) electrons. The molecular formula is C28H42O8. The zero-order chi connectivity index (χ0) is 27.3. The summed E-state index contributed by atoms with van der Waals surface area (Å²) in [6.45, 7) is 11.9. The van der Waals surface area contributed by atoms with E-state index >= 15 is 0 Å². The molecule has 0 amide bonds. The summed E-state index contributed by atoms with van der Waals surface area (Å²) in [5.74, 6) is -2.79. The van der Waals surface area contributed by atoms with E-state index in [9.17, 15) is 29.7 Å². The molecule has 3 aliphatic carbocycles. The molecule has 3 rings (SSSR count). The van der Waals surface area contributed by atoms with Crippen LogP contribution in [0.15, 0.2) is 23.3 Å². The van der Waals surface area contributed by atoms with E-state index in [1.807, 2.05) is 20.8 Å². The molecule has 36 heavy (non-hydrogen) atoms. The predicted molar refractivity (Wildman–Crippen MR) is 133 cm³/mol. The first-order chi connectivity index (χ1) is 16.6. The van der Waals surface area contributed by atoms with Crippen molar-refractivity contribution in [3.63, 3.8) is 0 Å². The van der Waals surface area contributed by atoms with Gasteiger partial charge >= 0.3 is 11.9 Å². The standard InChI is InChI=1S/C28H42O8/c1-8-9-10-11-21(30)36-26(7)14-17(3)27-13-16(2)22(31)28(27,34)23(32)19(15-35-18(4)29)12-20(24(27)33)25(26,5)6/h12-13,17,20,22-23,31-32,34H,8-11,14-15H2,1-7H3/t17?,20?,22?,23-,26-,27?,28?/m1/s1. The quantitative estimate of drug-likeness (QED) is 0.273. The second-order valence-electron chi connectivity index (χ2n) is 11.7. The Labute approximate surface area is 213 Å². The molecule has 8 heteroatoms. The Bertz CT molecular complexity index is 980. The Morgan fingerprint density at radius 3 is 2.36 bits per heavy atom. The number of esters is 2. The summed E-state index contributed by atoms with van der Waals surface area (Å²) >= 11 is 0. The maximum absolute atomic E-state index is 14.5. The molecule has 5 unspecified atom stereocenters. The monoisotopic (exact) mass is 506 g/mol. The molecule has 1 saturated carbocycles. The van der Waals surface area contributed by atoms with Crippen LogP contribution in [-0.2, 0) is 23.9 Å². The zero-order valence-electron chi connectivity index (χ0n) is 22.6.